The van der Waals surface area contributed by atoms with Gasteiger partial charge in [-0.15, -0.1) is 0 Å². The Morgan fingerprint density at radius 3 is 2.40 bits per heavy atom. The molecule has 0 aromatic rings. The topological polar surface area (TPSA) is 40.6 Å². The summed E-state index contributed by atoms with van der Waals surface area (Å²) < 4.78 is 23.9. The van der Waals surface area contributed by atoms with E-state index in [0.29, 0.717) is 11.5 Å². The predicted molar refractivity (Wildman–Crippen MR) is 83.8 cm³/mol. The smallest absolute Gasteiger partial charge is 0.151 e. The Balaban J connectivity index is 2.00. The molecule has 0 N–H and O–H groups in total. The molecule has 4 nitrogen and oxygen atoms in total. The van der Waals surface area contributed by atoms with Gasteiger partial charge in [0.25, 0.3) is 0 Å². The normalized spacial score (nSPS) is 25.1. The largest absolute Gasteiger partial charge is 0.303 e. The van der Waals surface area contributed by atoms with Crippen molar-refractivity contribution >= 4 is 9.84 Å². The number of hydrogen-bond acceptors (Lipinski definition) is 4. The fourth-order valence-electron chi connectivity index (χ4n) is 3.91. The summed E-state index contributed by atoms with van der Waals surface area (Å²) in [5.74, 6) is 0.681. The van der Waals surface area contributed by atoms with Crippen molar-refractivity contribution in [2.75, 3.05) is 44.7 Å². The third-order valence-electron chi connectivity index (χ3n) is 4.96. The molecule has 118 valence electrons. The summed E-state index contributed by atoms with van der Waals surface area (Å²) in [6.45, 7) is 5.88. The van der Waals surface area contributed by atoms with Gasteiger partial charge in [0.15, 0.2) is 9.84 Å². The lowest BCUT2D eigenvalue weighted by atomic mass is 9.78. The van der Waals surface area contributed by atoms with E-state index in [9.17, 15) is 8.42 Å². The number of likely N-dealkylation sites (N-methyl/N-ethyl adjacent to an activating group) is 1. The first-order valence-electron chi connectivity index (χ1n) is 8.11. The lowest BCUT2D eigenvalue weighted by molar-refractivity contribution is -0.0139. The van der Waals surface area contributed by atoms with Crippen molar-refractivity contribution in [1.82, 2.24) is 9.80 Å². The van der Waals surface area contributed by atoms with Gasteiger partial charge in [-0.3, -0.25) is 4.90 Å². The highest BCUT2D eigenvalue weighted by atomic mass is 32.2. The van der Waals surface area contributed by atoms with E-state index in [2.05, 4.69) is 16.8 Å². The molecule has 1 heterocycles. The SMILES string of the molecule is CCCS(=O)(=O)CCN1CCN(C)CC12CCCCC2. The Hall–Kier alpha value is -0.130. The van der Waals surface area contributed by atoms with E-state index in [0.717, 1.165) is 32.6 Å². The Morgan fingerprint density at radius 2 is 1.75 bits per heavy atom. The fourth-order valence-corrected chi connectivity index (χ4v) is 5.23. The molecule has 20 heavy (non-hydrogen) atoms. The zero-order chi connectivity index (χ0) is 14.6. The average molecular weight is 302 g/mol. The maximum Gasteiger partial charge on any atom is 0.151 e. The second kappa shape index (κ2) is 6.75. The third kappa shape index (κ3) is 3.95. The molecule has 1 aliphatic carbocycles. The molecule has 5 heteroatoms. The number of nitrogens with zero attached hydrogens (tertiary/aromatic N) is 2. The van der Waals surface area contributed by atoms with Gasteiger partial charge in [-0.2, -0.15) is 0 Å². The van der Waals surface area contributed by atoms with Crippen LogP contribution in [-0.2, 0) is 9.84 Å². The quantitative estimate of drug-likeness (QED) is 0.776. The maximum atomic E-state index is 12.0. The van der Waals surface area contributed by atoms with E-state index in [1.54, 1.807) is 0 Å². The molecular weight excluding hydrogens is 272 g/mol. The highest BCUT2D eigenvalue weighted by Gasteiger charge is 2.41. The van der Waals surface area contributed by atoms with Crippen LogP contribution in [0.1, 0.15) is 45.4 Å². The molecule has 2 rings (SSSR count). The van der Waals surface area contributed by atoms with Crippen LogP contribution in [0.15, 0.2) is 0 Å². The van der Waals surface area contributed by atoms with E-state index in [-0.39, 0.29) is 5.54 Å². The first-order valence-corrected chi connectivity index (χ1v) is 9.94. The molecule has 2 aliphatic rings. The summed E-state index contributed by atoms with van der Waals surface area (Å²) in [5.41, 5.74) is 0.257. The third-order valence-corrected chi connectivity index (χ3v) is 6.79. The van der Waals surface area contributed by atoms with Gasteiger partial charge in [-0.25, -0.2) is 8.42 Å². The van der Waals surface area contributed by atoms with Crippen molar-refractivity contribution in [2.45, 2.75) is 51.0 Å². The van der Waals surface area contributed by atoms with Crippen LogP contribution in [0.25, 0.3) is 0 Å². The Labute approximate surface area is 124 Å². The van der Waals surface area contributed by atoms with Crippen LogP contribution in [0, 0.1) is 0 Å². The molecule has 0 bridgehead atoms. The minimum Gasteiger partial charge on any atom is -0.303 e. The molecule has 1 saturated heterocycles. The lowest BCUT2D eigenvalue weighted by Gasteiger charge is -2.52. The molecule has 2 fully saturated rings. The van der Waals surface area contributed by atoms with Crippen LogP contribution in [-0.4, -0.2) is 68.5 Å². The fraction of sp³-hybridized carbons (Fsp3) is 1.00. The van der Waals surface area contributed by atoms with Gasteiger partial charge >= 0.3 is 0 Å². The van der Waals surface area contributed by atoms with Gasteiger partial charge in [0.2, 0.25) is 0 Å². The molecule has 0 aromatic heterocycles. The minimum atomic E-state index is -2.86. The summed E-state index contributed by atoms with van der Waals surface area (Å²) in [7, 11) is -0.659. The van der Waals surface area contributed by atoms with Gasteiger partial charge in [0, 0.05) is 37.5 Å². The molecule has 0 radical (unpaired) electrons. The standard InChI is InChI=1S/C15H30N2O2S/c1-3-12-20(18,19)13-11-17-10-9-16(2)14-15(17)7-5-4-6-8-15/h3-14H2,1-2H3. The Kier molecular flexibility index (Phi) is 5.49. The minimum absolute atomic E-state index is 0.257. The van der Waals surface area contributed by atoms with Gasteiger partial charge in [-0.05, 0) is 26.3 Å². The van der Waals surface area contributed by atoms with Crippen molar-refractivity contribution < 1.29 is 8.42 Å². The van der Waals surface area contributed by atoms with Gasteiger partial charge in [0.1, 0.15) is 0 Å². The summed E-state index contributed by atoms with van der Waals surface area (Å²) in [5, 5.41) is 0. The summed E-state index contributed by atoms with van der Waals surface area (Å²) in [6, 6.07) is 0. The van der Waals surface area contributed by atoms with Crippen molar-refractivity contribution in [1.29, 1.82) is 0 Å². The lowest BCUT2D eigenvalue weighted by Crippen LogP contribution is -2.62. The molecule has 1 aliphatic heterocycles. The van der Waals surface area contributed by atoms with E-state index < -0.39 is 9.84 Å². The first-order chi connectivity index (χ1) is 9.47. The zero-order valence-electron chi connectivity index (χ0n) is 13.1. The van der Waals surface area contributed by atoms with Gasteiger partial charge in [-0.1, -0.05) is 26.2 Å². The van der Waals surface area contributed by atoms with E-state index in [1.165, 1.54) is 32.1 Å². The summed E-state index contributed by atoms with van der Waals surface area (Å²) in [6.07, 6.45) is 7.15. The molecule has 0 aromatic carbocycles. The Bertz CT molecular complexity index is 402. The van der Waals surface area contributed by atoms with Crippen LogP contribution in [0.3, 0.4) is 0 Å². The van der Waals surface area contributed by atoms with Gasteiger partial charge in [0.05, 0.1) is 5.75 Å². The van der Waals surface area contributed by atoms with Crippen molar-refractivity contribution in [3.63, 3.8) is 0 Å². The van der Waals surface area contributed by atoms with Crippen molar-refractivity contribution in [3.05, 3.63) is 0 Å². The second-order valence-electron chi connectivity index (χ2n) is 6.66. The molecule has 1 spiro atoms. The highest BCUT2D eigenvalue weighted by molar-refractivity contribution is 7.91. The van der Waals surface area contributed by atoms with E-state index in [4.69, 9.17) is 0 Å². The predicted octanol–water partition coefficient (Wildman–Crippen LogP) is 1.76. The molecule has 1 saturated carbocycles. The summed E-state index contributed by atoms with van der Waals surface area (Å²) >= 11 is 0. The van der Waals surface area contributed by atoms with E-state index in [1.807, 2.05) is 6.92 Å². The number of sulfone groups is 1. The van der Waals surface area contributed by atoms with Crippen LogP contribution in [0.2, 0.25) is 0 Å². The number of piperazine rings is 1. The van der Waals surface area contributed by atoms with Crippen LogP contribution >= 0.6 is 0 Å². The average Bonchev–Trinajstić information content (AvgIpc) is 2.38. The number of hydrogen-bond donors (Lipinski definition) is 0. The van der Waals surface area contributed by atoms with Gasteiger partial charge < -0.3 is 4.90 Å². The molecular formula is C15H30N2O2S. The highest BCUT2D eigenvalue weighted by Crippen LogP contribution is 2.36. The molecule has 0 amide bonds. The molecule has 0 atom stereocenters. The maximum absolute atomic E-state index is 12.0. The van der Waals surface area contributed by atoms with Crippen LogP contribution < -0.4 is 0 Å². The first kappa shape index (κ1) is 16.2. The zero-order valence-corrected chi connectivity index (χ0v) is 13.9. The monoisotopic (exact) mass is 302 g/mol. The van der Waals surface area contributed by atoms with Crippen LogP contribution in [0.5, 0.6) is 0 Å². The van der Waals surface area contributed by atoms with E-state index >= 15 is 0 Å². The van der Waals surface area contributed by atoms with Crippen molar-refractivity contribution in [2.24, 2.45) is 0 Å². The molecule has 0 unspecified atom stereocenters. The summed E-state index contributed by atoms with van der Waals surface area (Å²) in [4.78, 5) is 4.92. The van der Waals surface area contributed by atoms with Crippen molar-refractivity contribution in [3.8, 4) is 0 Å². The van der Waals surface area contributed by atoms with Crippen LogP contribution in [0.4, 0.5) is 0 Å². The second-order valence-corrected chi connectivity index (χ2v) is 8.97. The number of rotatable bonds is 5. The Morgan fingerprint density at radius 1 is 1.05 bits per heavy atom.